The smallest absolute Gasteiger partial charge is 0.250 e. The summed E-state index contributed by atoms with van der Waals surface area (Å²) in [6, 6.07) is 11.1. The molecule has 2 aromatic carbocycles. The average molecular weight is 417 g/mol. The molecule has 1 amide bonds. The van der Waals surface area contributed by atoms with Gasteiger partial charge in [-0.1, -0.05) is 44.2 Å². The summed E-state index contributed by atoms with van der Waals surface area (Å²) in [6.45, 7) is 14.1. The van der Waals surface area contributed by atoms with Gasteiger partial charge in [0.05, 0.1) is 11.3 Å². The summed E-state index contributed by atoms with van der Waals surface area (Å²) in [4.78, 5) is 10.7. The van der Waals surface area contributed by atoms with Crippen molar-refractivity contribution in [3.8, 4) is 11.1 Å². The van der Waals surface area contributed by atoms with Crippen molar-refractivity contribution in [3.05, 3.63) is 70.6 Å². The van der Waals surface area contributed by atoms with Gasteiger partial charge in [-0.2, -0.15) is 0 Å². The van der Waals surface area contributed by atoms with Crippen molar-refractivity contribution < 1.29 is 13.6 Å². The summed E-state index contributed by atoms with van der Waals surface area (Å²) in [6.07, 6.45) is 1.34. The Hall–Kier alpha value is -2.82. The minimum absolute atomic E-state index is 0.0671. The van der Waals surface area contributed by atoms with Crippen LogP contribution in [0.4, 0.5) is 8.78 Å². The highest BCUT2D eigenvalue weighted by Crippen LogP contribution is 2.26. The second-order valence-electron chi connectivity index (χ2n) is 7.17. The lowest BCUT2D eigenvalue weighted by Gasteiger charge is -2.16. The summed E-state index contributed by atoms with van der Waals surface area (Å²) in [5.74, 6) is -0.952. The molecule has 3 N–H and O–H groups in total. The van der Waals surface area contributed by atoms with Gasteiger partial charge in [0.2, 0.25) is 5.91 Å². The van der Waals surface area contributed by atoms with Gasteiger partial charge in [0.1, 0.15) is 11.5 Å². The Bertz CT molecular complexity index is 910. The summed E-state index contributed by atoms with van der Waals surface area (Å²) in [7, 11) is 0. The molecule has 0 bridgehead atoms. The van der Waals surface area contributed by atoms with E-state index in [4.69, 9.17) is 11.1 Å². The second kappa shape index (κ2) is 12.0. The van der Waals surface area contributed by atoms with E-state index in [9.17, 15) is 13.6 Å². The number of aryl methyl sites for hydroxylation is 3. The van der Waals surface area contributed by atoms with E-state index < -0.39 is 11.6 Å². The van der Waals surface area contributed by atoms with E-state index in [0.29, 0.717) is 0 Å². The number of amides is 1. The quantitative estimate of drug-likeness (QED) is 0.426. The summed E-state index contributed by atoms with van der Waals surface area (Å²) in [5.41, 5.74) is 8.32. The number of halogens is 2. The molecular weight excluding hydrogens is 382 g/mol. The van der Waals surface area contributed by atoms with Gasteiger partial charge in [-0.25, -0.2) is 8.78 Å². The Morgan fingerprint density at radius 2 is 1.53 bits per heavy atom. The average Bonchev–Trinajstić information content (AvgIpc) is 2.67. The van der Waals surface area contributed by atoms with E-state index in [1.165, 1.54) is 37.1 Å². The number of rotatable bonds is 4. The number of benzene rings is 2. The predicted octanol–water partition coefficient (Wildman–Crippen LogP) is 6.63. The van der Waals surface area contributed by atoms with Crippen LogP contribution in [0.1, 0.15) is 51.3 Å². The number of primary amides is 1. The number of hydrogen-bond acceptors (Lipinski definition) is 2. The zero-order valence-electron chi connectivity index (χ0n) is 19.3. The molecule has 0 fully saturated rings. The highest BCUT2D eigenvalue weighted by molar-refractivity contribution is 6.22. The van der Waals surface area contributed by atoms with Crippen LogP contribution in [-0.2, 0) is 4.79 Å². The minimum Gasteiger partial charge on any atom is -0.366 e. The van der Waals surface area contributed by atoms with Gasteiger partial charge in [0.25, 0.3) is 0 Å². The van der Waals surface area contributed by atoms with Crippen molar-refractivity contribution in [2.75, 3.05) is 0 Å². The molecule has 0 spiro atoms. The predicted molar refractivity (Wildman–Crippen MR) is 123 cm³/mol. The van der Waals surface area contributed by atoms with Crippen LogP contribution in [0.2, 0.25) is 0 Å². The lowest BCUT2D eigenvalue weighted by molar-refractivity contribution is -0.114. The van der Waals surface area contributed by atoms with Gasteiger partial charge in [-0.05, 0) is 81.5 Å². The molecule has 0 saturated heterocycles. The maximum Gasteiger partial charge on any atom is 0.250 e. The Morgan fingerprint density at radius 1 is 1.00 bits per heavy atom. The maximum absolute atomic E-state index is 13.2. The molecule has 0 aromatic heterocycles. The molecular formula is C25H34F2N2O. The van der Waals surface area contributed by atoms with E-state index in [1.807, 2.05) is 32.9 Å². The fourth-order valence-corrected chi connectivity index (χ4v) is 2.54. The molecule has 0 heterocycles. The number of hydrogen-bond donors (Lipinski definition) is 2. The Labute approximate surface area is 179 Å². The lowest BCUT2D eigenvalue weighted by Crippen LogP contribution is -2.32. The van der Waals surface area contributed by atoms with E-state index >= 15 is 0 Å². The van der Waals surface area contributed by atoms with E-state index in [-0.39, 0.29) is 17.1 Å². The molecule has 30 heavy (non-hydrogen) atoms. The normalized spacial score (nSPS) is 10.9. The van der Waals surface area contributed by atoms with Crippen LogP contribution >= 0.6 is 0 Å². The number of nitrogens with two attached hydrogens (primary N) is 1. The number of carbonyl (C=O) groups excluding carboxylic acids is 1. The number of nitrogens with one attached hydrogen (secondary N) is 1. The first kappa shape index (κ1) is 27.2. The first-order valence-electron chi connectivity index (χ1n) is 9.96. The molecule has 0 aliphatic carbocycles. The van der Waals surface area contributed by atoms with Crippen molar-refractivity contribution in [3.63, 3.8) is 0 Å². The zero-order chi connectivity index (χ0) is 23.6. The van der Waals surface area contributed by atoms with Crippen LogP contribution in [0, 0.1) is 32.0 Å². The van der Waals surface area contributed by atoms with Crippen LogP contribution in [0.25, 0.3) is 11.1 Å². The highest BCUT2D eigenvalue weighted by atomic mass is 19.1. The number of alkyl halides is 1. The van der Waals surface area contributed by atoms with Crippen LogP contribution in [0.15, 0.2) is 48.0 Å². The molecule has 0 aliphatic heterocycles. The van der Waals surface area contributed by atoms with E-state index in [2.05, 4.69) is 26.0 Å². The van der Waals surface area contributed by atoms with E-state index in [0.717, 1.165) is 16.7 Å². The second-order valence-corrected chi connectivity index (χ2v) is 7.17. The van der Waals surface area contributed by atoms with Crippen molar-refractivity contribution in [2.24, 2.45) is 5.73 Å². The highest BCUT2D eigenvalue weighted by Gasteiger charge is 2.27. The topological polar surface area (TPSA) is 66.9 Å². The summed E-state index contributed by atoms with van der Waals surface area (Å²) < 4.78 is 26.3. The van der Waals surface area contributed by atoms with Gasteiger partial charge in [-0.3, -0.25) is 4.79 Å². The van der Waals surface area contributed by atoms with Crippen molar-refractivity contribution in [1.29, 1.82) is 5.41 Å². The molecule has 0 radical (unpaired) electrons. The van der Waals surface area contributed by atoms with Crippen molar-refractivity contribution >= 4 is 11.6 Å². The zero-order valence-corrected chi connectivity index (χ0v) is 19.3. The maximum atomic E-state index is 13.2. The largest absolute Gasteiger partial charge is 0.366 e. The Kier molecular flexibility index (Phi) is 10.9. The van der Waals surface area contributed by atoms with Gasteiger partial charge in [-0.15, -0.1) is 0 Å². The Morgan fingerprint density at radius 3 is 1.93 bits per heavy atom. The van der Waals surface area contributed by atoms with E-state index in [1.54, 1.807) is 13.0 Å². The van der Waals surface area contributed by atoms with Gasteiger partial charge in [0.15, 0.2) is 0 Å². The summed E-state index contributed by atoms with van der Waals surface area (Å²) in [5, 5.41) is 7.28. The van der Waals surface area contributed by atoms with Crippen LogP contribution < -0.4 is 5.73 Å². The van der Waals surface area contributed by atoms with Crippen molar-refractivity contribution in [2.45, 2.75) is 61.1 Å². The standard InChI is InChI=1S/C15H15F.C8H13FN2O.C2H6/c1-10-4-6-13(8-12(10)3)15-9-14(16)7-5-11(15)2;1-4-5(7(11)12)6(10)8(2,3)9;1-2/h4-9H,1-3H3;4,10H,1-3H3,(H2,11,12);1-2H3/b;5-4+,10-6?;. The van der Waals surface area contributed by atoms with Gasteiger partial charge >= 0.3 is 0 Å². The van der Waals surface area contributed by atoms with Gasteiger partial charge < -0.3 is 11.1 Å². The first-order valence-corrected chi connectivity index (χ1v) is 9.96. The van der Waals surface area contributed by atoms with Crippen LogP contribution in [0.3, 0.4) is 0 Å². The minimum atomic E-state index is -1.82. The molecule has 5 heteroatoms. The summed E-state index contributed by atoms with van der Waals surface area (Å²) >= 11 is 0. The monoisotopic (exact) mass is 416 g/mol. The number of carbonyl (C=O) groups is 1. The molecule has 0 atom stereocenters. The molecule has 0 aliphatic rings. The molecule has 2 aromatic rings. The van der Waals surface area contributed by atoms with Gasteiger partial charge in [0, 0.05) is 0 Å². The molecule has 3 nitrogen and oxygen atoms in total. The lowest BCUT2D eigenvalue weighted by atomic mass is 9.97. The fraction of sp³-hybridized carbons (Fsp3) is 0.360. The SMILES string of the molecule is C/C=C(\C(=N)C(C)(C)F)C(N)=O.CC.Cc1ccc(-c2cc(F)ccc2C)cc1C. The molecule has 0 saturated carbocycles. The van der Waals surface area contributed by atoms with Crippen molar-refractivity contribution in [1.82, 2.24) is 0 Å². The Balaban J connectivity index is 0.000000540. The van der Waals surface area contributed by atoms with Crippen LogP contribution in [0.5, 0.6) is 0 Å². The fourth-order valence-electron chi connectivity index (χ4n) is 2.54. The molecule has 0 unspecified atom stereocenters. The number of allylic oxidation sites excluding steroid dienone is 1. The third-order valence-corrected chi connectivity index (χ3v) is 4.44. The molecule has 164 valence electrons. The van der Waals surface area contributed by atoms with Crippen LogP contribution in [-0.4, -0.2) is 17.3 Å². The first-order chi connectivity index (χ1) is 13.9. The molecule has 2 rings (SSSR count). The third-order valence-electron chi connectivity index (χ3n) is 4.44. The third kappa shape index (κ3) is 7.90.